The normalized spacial score (nSPS) is 12.5. The van der Waals surface area contributed by atoms with Crippen LogP contribution in [-0.2, 0) is 21.2 Å². The fraction of sp³-hybridized carbons (Fsp3) is 0.150. The minimum absolute atomic E-state index is 0.170. The van der Waals surface area contributed by atoms with Gasteiger partial charge in [0, 0.05) is 5.69 Å². The first-order valence-electron chi connectivity index (χ1n) is 8.50. The predicted octanol–water partition coefficient (Wildman–Crippen LogP) is 3.97. The Morgan fingerprint density at radius 1 is 1.00 bits per heavy atom. The van der Waals surface area contributed by atoms with Crippen molar-refractivity contribution >= 4 is 33.0 Å². The molecule has 0 saturated heterocycles. The molecule has 0 unspecified atom stereocenters. The second-order valence-corrected chi connectivity index (χ2v) is 8.83. The third-order valence-electron chi connectivity index (χ3n) is 4.06. The van der Waals surface area contributed by atoms with E-state index in [2.05, 4.69) is 17.0 Å². The summed E-state index contributed by atoms with van der Waals surface area (Å²) in [4.78, 5) is 12.9. The van der Waals surface area contributed by atoms with Crippen molar-refractivity contribution in [3.63, 3.8) is 0 Å². The fourth-order valence-electron chi connectivity index (χ4n) is 2.59. The number of carbonyl (C=O) groups excluding carboxylic acids is 1. The van der Waals surface area contributed by atoms with Gasteiger partial charge in [-0.2, -0.15) is 4.72 Å². The van der Waals surface area contributed by atoms with Crippen LogP contribution in [0.2, 0.25) is 0 Å². The summed E-state index contributed by atoms with van der Waals surface area (Å²) < 4.78 is 28.0. The van der Waals surface area contributed by atoms with Gasteiger partial charge in [0.1, 0.15) is 10.3 Å². The molecule has 27 heavy (non-hydrogen) atoms. The molecule has 0 fully saturated rings. The molecule has 1 amide bonds. The number of hydrogen-bond donors (Lipinski definition) is 2. The van der Waals surface area contributed by atoms with E-state index in [9.17, 15) is 13.2 Å². The Balaban J connectivity index is 1.86. The van der Waals surface area contributed by atoms with E-state index in [0.717, 1.165) is 23.3 Å². The number of sulfonamides is 1. The first kappa shape index (κ1) is 19.3. The predicted molar refractivity (Wildman–Crippen MR) is 108 cm³/mol. The molecule has 140 valence electrons. The van der Waals surface area contributed by atoms with E-state index < -0.39 is 22.0 Å². The lowest BCUT2D eigenvalue weighted by Crippen LogP contribution is -2.36. The Morgan fingerprint density at radius 2 is 1.70 bits per heavy atom. The maximum atomic E-state index is 12.9. The quantitative estimate of drug-likeness (QED) is 0.630. The molecule has 2 N–H and O–H groups in total. The molecule has 0 spiro atoms. The summed E-state index contributed by atoms with van der Waals surface area (Å²) in [6.45, 7) is 2.05. The Labute approximate surface area is 163 Å². The topological polar surface area (TPSA) is 75.3 Å². The molecule has 3 rings (SSSR count). The highest BCUT2D eigenvalue weighted by molar-refractivity contribution is 7.91. The van der Waals surface area contributed by atoms with Crippen LogP contribution in [0.4, 0.5) is 5.69 Å². The molecule has 1 aromatic heterocycles. The molecule has 0 saturated carbocycles. The molecule has 0 aliphatic heterocycles. The van der Waals surface area contributed by atoms with Crippen LogP contribution in [0.3, 0.4) is 0 Å². The van der Waals surface area contributed by atoms with Gasteiger partial charge in [0.2, 0.25) is 5.91 Å². The monoisotopic (exact) mass is 400 g/mol. The number of anilines is 1. The highest BCUT2D eigenvalue weighted by Crippen LogP contribution is 2.22. The Hall–Kier alpha value is -2.48. The third-order valence-corrected chi connectivity index (χ3v) is 6.88. The van der Waals surface area contributed by atoms with Crippen molar-refractivity contribution < 1.29 is 13.2 Å². The van der Waals surface area contributed by atoms with Gasteiger partial charge in [-0.25, -0.2) is 8.42 Å². The minimum Gasteiger partial charge on any atom is -0.324 e. The highest BCUT2D eigenvalue weighted by atomic mass is 32.2. The van der Waals surface area contributed by atoms with E-state index in [0.29, 0.717) is 11.3 Å². The summed E-state index contributed by atoms with van der Waals surface area (Å²) in [7, 11) is -3.80. The summed E-state index contributed by atoms with van der Waals surface area (Å²) in [5.74, 6) is -0.439. The largest absolute Gasteiger partial charge is 0.324 e. The third kappa shape index (κ3) is 4.82. The van der Waals surface area contributed by atoms with Crippen LogP contribution in [0.15, 0.2) is 76.3 Å². The van der Waals surface area contributed by atoms with Gasteiger partial charge < -0.3 is 5.32 Å². The van der Waals surface area contributed by atoms with Gasteiger partial charge in [-0.05, 0) is 41.1 Å². The van der Waals surface area contributed by atoms with E-state index >= 15 is 0 Å². The molecular formula is C20H20N2O3S2. The maximum Gasteiger partial charge on any atom is 0.251 e. The summed E-state index contributed by atoms with van der Waals surface area (Å²) in [5.41, 5.74) is 2.35. The van der Waals surface area contributed by atoms with E-state index in [1.807, 2.05) is 30.3 Å². The van der Waals surface area contributed by atoms with Gasteiger partial charge in [-0.15, -0.1) is 11.3 Å². The van der Waals surface area contributed by atoms with Crippen LogP contribution in [0.1, 0.15) is 24.1 Å². The first-order chi connectivity index (χ1) is 13.0. The summed E-state index contributed by atoms with van der Waals surface area (Å²) in [6, 6.07) is 18.4. The average Bonchev–Trinajstić information content (AvgIpc) is 3.23. The van der Waals surface area contributed by atoms with Crippen LogP contribution in [-0.4, -0.2) is 14.3 Å². The van der Waals surface area contributed by atoms with Crippen LogP contribution >= 0.6 is 11.3 Å². The second-order valence-electron chi connectivity index (χ2n) is 5.94. The molecular weight excluding hydrogens is 380 g/mol. The fourth-order valence-corrected chi connectivity index (χ4v) is 4.78. The Morgan fingerprint density at radius 3 is 2.30 bits per heavy atom. The minimum atomic E-state index is -3.80. The molecule has 1 atom stereocenters. The molecule has 0 bridgehead atoms. The maximum absolute atomic E-state index is 12.9. The molecule has 7 heteroatoms. The molecule has 5 nitrogen and oxygen atoms in total. The number of carbonyl (C=O) groups is 1. The number of nitrogens with one attached hydrogen (secondary N) is 2. The zero-order valence-electron chi connectivity index (χ0n) is 14.8. The van der Waals surface area contributed by atoms with Crippen molar-refractivity contribution in [1.29, 1.82) is 0 Å². The van der Waals surface area contributed by atoms with Crippen molar-refractivity contribution in [2.75, 3.05) is 5.32 Å². The van der Waals surface area contributed by atoms with Crippen molar-refractivity contribution in [3.8, 4) is 0 Å². The lowest BCUT2D eigenvalue weighted by atomic mass is 10.1. The SMILES string of the molecule is CCc1ccc(NC(=O)[C@@H](NS(=O)(=O)c2cccs2)c2ccccc2)cc1. The van der Waals surface area contributed by atoms with E-state index in [4.69, 9.17) is 0 Å². The van der Waals surface area contributed by atoms with Crippen LogP contribution in [0, 0.1) is 0 Å². The standard InChI is InChI=1S/C20H20N2O3S2/c1-2-15-10-12-17(13-11-15)21-20(23)19(16-7-4-3-5-8-16)22-27(24,25)18-9-6-14-26-18/h3-14,19,22H,2H2,1H3,(H,21,23)/t19-/m0/s1. The van der Waals surface area contributed by atoms with Gasteiger partial charge in [-0.3, -0.25) is 4.79 Å². The molecule has 0 aliphatic carbocycles. The van der Waals surface area contributed by atoms with E-state index in [-0.39, 0.29) is 4.21 Å². The van der Waals surface area contributed by atoms with Crippen LogP contribution in [0.25, 0.3) is 0 Å². The number of thiophene rings is 1. The number of rotatable bonds is 7. The van der Waals surface area contributed by atoms with Crippen LogP contribution in [0.5, 0.6) is 0 Å². The number of amides is 1. The molecule has 0 radical (unpaired) electrons. The van der Waals surface area contributed by atoms with Crippen molar-refractivity contribution in [2.45, 2.75) is 23.6 Å². The van der Waals surface area contributed by atoms with Crippen LogP contribution < -0.4 is 10.0 Å². The lowest BCUT2D eigenvalue weighted by Gasteiger charge is -2.18. The van der Waals surface area contributed by atoms with Crippen molar-refractivity contribution in [3.05, 3.63) is 83.2 Å². The van der Waals surface area contributed by atoms with Crippen molar-refractivity contribution in [2.24, 2.45) is 0 Å². The van der Waals surface area contributed by atoms with Gasteiger partial charge in [0.15, 0.2) is 0 Å². The van der Waals surface area contributed by atoms with Gasteiger partial charge in [-0.1, -0.05) is 55.5 Å². The molecule has 0 aliphatic rings. The highest BCUT2D eigenvalue weighted by Gasteiger charge is 2.27. The molecule has 2 aromatic carbocycles. The Kier molecular flexibility index (Phi) is 6.05. The summed E-state index contributed by atoms with van der Waals surface area (Å²) in [6.07, 6.45) is 0.904. The van der Waals surface area contributed by atoms with Gasteiger partial charge >= 0.3 is 0 Å². The second kappa shape index (κ2) is 8.47. The molecule has 3 aromatic rings. The Bertz CT molecular complexity index is 983. The summed E-state index contributed by atoms with van der Waals surface area (Å²) >= 11 is 1.10. The average molecular weight is 401 g/mol. The zero-order valence-corrected chi connectivity index (χ0v) is 16.4. The molecule has 1 heterocycles. The van der Waals surface area contributed by atoms with E-state index in [1.165, 1.54) is 6.07 Å². The number of benzene rings is 2. The number of aryl methyl sites for hydroxylation is 1. The lowest BCUT2D eigenvalue weighted by molar-refractivity contribution is -0.117. The summed E-state index contributed by atoms with van der Waals surface area (Å²) in [5, 5.41) is 4.48. The smallest absolute Gasteiger partial charge is 0.251 e. The first-order valence-corrected chi connectivity index (χ1v) is 10.9. The van der Waals surface area contributed by atoms with Gasteiger partial charge in [0.25, 0.3) is 10.0 Å². The number of hydrogen-bond acceptors (Lipinski definition) is 4. The van der Waals surface area contributed by atoms with Gasteiger partial charge in [0.05, 0.1) is 0 Å². The zero-order chi connectivity index (χ0) is 19.3. The van der Waals surface area contributed by atoms with Crippen molar-refractivity contribution in [1.82, 2.24) is 4.72 Å². The van der Waals surface area contributed by atoms with E-state index in [1.54, 1.807) is 35.7 Å².